The number of aromatic nitrogens is 2. The van der Waals surface area contributed by atoms with Gasteiger partial charge < -0.3 is 9.90 Å². The molecule has 0 bridgehead atoms. The normalized spacial score (nSPS) is 10.5. The number of carboxylic acid groups (broad SMARTS) is 1. The maximum Gasteiger partial charge on any atom is 1.00 e. The summed E-state index contributed by atoms with van der Waals surface area (Å²) in [7, 11) is 0. The van der Waals surface area contributed by atoms with E-state index in [2.05, 4.69) is 9.97 Å². The Bertz CT molecular complexity index is 330. The van der Waals surface area contributed by atoms with Crippen LogP contribution in [-0.2, 0) is 10.7 Å². The van der Waals surface area contributed by atoms with Gasteiger partial charge in [-0.3, -0.25) is 0 Å². The van der Waals surface area contributed by atoms with Gasteiger partial charge in [0.15, 0.2) is 5.82 Å². The summed E-state index contributed by atoms with van der Waals surface area (Å²) in [6.45, 7) is 0. The standard InChI is InChI=1S/C6H3F3N2O2.Na/c7-3-1-10-4(11-2-3)6(8,9)5(12)13;/h1-2H,(H,12,13);/q;+1/p-1. The van der Waals surface area contributed by atoms with Crippen molar-refractivity contribution in [2.24, 2.45) is 0 Å². The number of carbonyl (C=O) groups excluding carboxylic acids is 1. The van der Waals surface area contributed by atoms with Gasteiger partial charge in [-0.05, 0) is 0 Å². The van der Waals surface area contributed by atoms with E-state index in [1.165, 1.54) is 0 Å². The molecule has 0 amide bonds. The van der Waals surface area contributed by atoms with Gasteiger partial charge in [0.25, 0.3) is 0 Å². The third kappa shape index (κ3) is 2.66. The molecule has 0 aliphatic rings. The number of halogens is 3. The quantitative estimate of drug-likeness (QED) is 0.478. The van der Waals surface area contributed by atoms with Gasteiger partial charge in [0.2, 0.25) is 5.82 Å². The van der Waals surface area contributed by atoms with Crippen molar-refractivity contribution < 1.29 is 52.6 Å². The number of rotatable bonds is 2. The monoisotopic (exact) mass is 214 g/mol. The van der Waals surface area contributed by atoms with E-state index >= 15 is 0 Å². The fourth-order valence-electron chi connectivity index (χ4n) is 0.566. The number of carboxylic acids is 1. The predicted octanol–water partition coefficient (Wildman–Crippen LogP) is -3.54. The minimum absolute atomic E-state index is 0. The Balaban J connectivity index is 0.00000169. The average molecular weight is 214 g/mol. The second-order valence-corrected chi connectivity index (χ2v) is 2.09. The van der Waals surface area contributed by atoms with Gasteiger partial charge in [-0.1, -0.05) is 0 Å². The Morgan fingerprint density at radius 1 is 1.36 bits per heavy atom. The van der Waals surface area contributed by atoms with Crippen molar-refractivity contribution in [3.8, 4) is 0 Å². The maximum absolute atomic E-state index is 12.5. The molecule has 8 heteroatoms. The molecule has 0 aliphatic heterocycles. The zero-order chi connectivity index (χ0) is 10.1. The Kier molecular flexibility index (Phi) is 4.50. The van der Waals surface area contributed by atoms with Gasteiger partial charge in [-0.15, -0.1) is 0 Å². The number of carbonyl (C=O) groups is 1. The first-order chi connectivity index (χ1) is 5.94. The second-order valence-electron chi connectivity index (χ2n) is 2.09. The van der Waals surface area contributed by atoms with Crippen molar-refractivity contribution in [1.82, 2.24) is 9.97 Å². The van der Waals surface area contributed by atoms with Crippen molar-refractivity contribution >= 4 is 5.97 Å². The topological polar surface area (TPSA) is 65.9 Å². The Morgan fingerprint density at radius 3 is 2.14 bits per heavy atom. The molecule has 1 rings (SSSR count). The van der Waals surface area contributed by atoms with Crippen molar-refractivity contribution in [2.45, 2.75) is 5.92 Å². The van der Waals surface area contributed by atoms with Crippen LogP contribution in [0.2, 0.25) is 0 Å². The molecule has 0 aliphatic carbocycles. The fourth-order valence-corrected chi connectivity index (χ4v) is 0.566. The summed E-state index contributed by atoms with van der Waals surface area (Å²) in [6, 6.07) is 0. The number of hydrogen-bond acceptors (Lipinski definition) is 4. The molecule has 70 valence electrons. The number of alkyl halides is 2. The smallest absolute Gasteiger partial charge is 0.544 e. The van der Waals surface area contributed by atoms with Crippen LogP contribution in [0, 0.1) is 5.82 Å². The Morgan fingerprint density at radius 2 is 1.79 bits per heavy atom. The maximum atomic E-state index is 12.5. The molecule has 1 heterocycles. The summed E-state index contributed by atoms with van der Waals surface area (Å²) >= 11 is 0. The van der Waals surface area contributed by atoms with Crippen LogP contribution in [0.25, 0.3) is 0 Å². The molecule has 0 atom stereocenters. The van der Waals surface area contributed by atoms with Crippen molar-refractivity contribution in [3.63, 3.8) is 0 Å². The summed E-state index contributed by atoms with van der Waals surface area (Å²) in [5.74, 6) is -9.15. The first-order valence-corrected chi connectivity index (χ1v) is 3.02. The molecule has 1 aromatic heterocycles. The first-order valence-electron chi connectivity index (χ1n) is 3.02. The van der Waals surface area contributed by atoms with Crippen molar-refractivity contribution in [1.29, 1.82) is 0 Å². The van der Waals surface area contributed by atoms with Crippen molar-refractivity contribution in [3.05, 3.63) is 24.0 Å². The van der Waals surface area contributed by atoms with Gasteiger partial charge >= 0.3 is 35.5 Å². The third-order valence-electron chi connectivity index (χ3n) is 1.16. The Hall–Kier alpha value is -0.660. The SMILES string of the molecule is O=C([O-])C(F)(F)c1ncc(F)cn1.[Na+]. The summed E-state index contributed by atoms with van der Waals surface area (Å²) in [4.78, 5) is 15.5. The van der Waals surface area contributed by atoms with Crippen LogP contribution in [0.4, 0.5) is 13.2 Å². The predicted molar refractivity (Wildman–Crippen MR) is 30.9 cm³/mol. The number of hydrogen-bond donors (Lipinski definition) is 0. The van der Waals surface area contributed by atoms with Gasteiger partial charge in [-0.25, -0.2) is 14.4 Å². The molecule has 0 spiro atoms. The second kappa shape index (κ2) is 4.72. The van der Waals surface area contributed by atoms with E-state index in [0.717, 1.165) is 0 Å². The molecule has 0 unspecified atom stereocenters. The minimum Gasteiger partial charge on any atom is -0.544 e. The summed E-state index contributed by atoms with van der Waals surface area (Å²) in [5.41, 5.74) is 0. The molecule has 0 aromatic carbocycles. The minimum atomic E-state index is -4.30. The van der Waals surface area contributed by atoms with E-state index in [0.29, 0.717) is 12.4 Å². The van der Waals surface area contributed by atoms with Crippen LogP contribution in [0.3, 0.4) is 0 Å². The molecule has 0 fully saturated rings. The zero-order valence-electron chi connectivity index (χ0n) is 7.00. The third-order valence-corrected chi connectivity index (χ3v) is 1.16. The van der Waals surface area contributed by atoms with Crippen LogP contribution in [-0.4, -0.2) is 15.9 Å². The molecule has 0 N–H and O–H groups in total. The molecule has 0 radical (unpaired) electrons. The molecule has 0 saturated heterocycles. The molecule has 14 heavy (non-hydrogen) atoms. The Labute approximate surface area is 98.5 Å². The van der Waals surface area contributed by atoms with Crippen molar-refractivity contribution in [2.75, 3.05) is 0 Å². The van der Waals surface area contributed by atoms with Crippen LogP contribution >= 0.6 is 0 Å². The first kappa shape index (κ1) is 13.3. The molecular formula is C6H2F3N2NaO2. The summed E-state index contributed by atoms with van der Waals surface area (Å²) < 4.78 is 37.1. The summed E-state index contributed by atoms with van der Waals surface area (Å²) in [6.07, 6.45) is 0.887. The molecule has 0 saturated carbocycles. The molecule has 4 nitrogen and oxygen atoms in total. The molecule has 1 aromatic rings. The van der Waals surface area contributed by atoms with Gasteiger partial charge in [-0.2, -0.15) is 8.78 Å². The fraction of sp³-hybridized carbons (Fsp3) is 0.167. The molecular weight excluding hydrogens is 212 g/mol. The van der Waals surface area contributed by atoms with E-state index < -0.39 is 23.5 Å². The van der Waals surface area contributed by atoms with Gasteiger partial charge in [0.05, 0.1) is 12.4 Å². The van der Waals surface area contributed by atoms with Gasteiger partial charge in [0.1, 0.15) is 5.97 Å². The van der Waals surface area contributed by atoms with Crippen LogP contribution in [0.15, 0.2) is 12.4 Å². The van der Waals surface area contributed by atoms with E-state index in [1.54, 1.807) is 0 Å². The number of aliphatic carboxylic acids is 1. The van der Waals surface area contributed by atoms with E-state index in [4.69, 9.17) is 0 Å². The van der Waals surface area contributed by atoms with Crippen LogP contribution in [0.1, 0.15) is 5.82 Å². The van der Waals surface area contributed by atoms with Crippen LogP contribution < -0.4 is 34.7 Å². The zero-order valence-corrected chi connectivity index (χ0v) is 9.00. The van der Waals surface area contributed by atoms with Gasteiger partial charge in [0, 0.05) is 0 Å². The van der Waals surface area contributed by atoms with E-state index in [-0.39, 0.29) is 29.6 Å². The van der Waals surface area contributed by atoms with E-state index in [9.17, 15) is 23.1 Å². The summed E-state index contributed by atoms with van der Waals surface area (Å²) in [5, 5.41) is 9.87. The van der Waals surface area contributed by atoms with E-state index in [1.807, 2.05) is 0 Å². The number of nitrogens with zero attached hydrogens (tertiary/aromatic N) is 2. The average Bonchev–Trinajstić information content (AvgIpc) is 2.04. The van der Waals surface area contributed by atoms with Crippen LogP contribution in [0.5, 0.6) is 0 Å². The largest absolute Gasteiger partial charge is 1.00 e.